The average Bonchev–Trinajstić information content (AvgIpc) is 3.66. The third-order valence-electron chi connectivity index (χ3n) is 6.80. The van der Waals surface area contributed by atoms with Gasteiger partial charge in [-0.1, -0.05) is 0 Å². The topological polar surface area (TPSA) is 78.4 Å². The van der Waals surface area contributed by atoms with Crippen molar-refractivity contribution in [3.63, 3.8) is 0 Å². The van der Waals surface area contributed by atoms with Gasteiger partial charge in [0.05, 0.1) is 37.0 Å². The molecule has 8 bridgehead atoms. The van der Waals surface area contributed by atoms with Gasteiger partial charge in [0.25, 0.3) is 0 Å². The Morgan fingerprint density at radius 1 is 0.632 bits per heavy atom. The molecule has 0 aromatic carbocycles. The van der Waals surface area contributed by atoms with Gasteiger partial charge in [-0.05, 0) is 97.5 Å². The van der Waals surface area contributed by atoms with Crippen LogP contribution in [0, 0.1) is 0 Å². The van der Waals surface area contributed by atoms with E-state index >= 15 is 0 Å². The van der Waals surface area contributed by atoms with Crippen molar-refractivity contribution < 1.29 is 19.1 Å². The number of fused-ring (bicyclic) bond motifs is 8. The second-order valence-electron chi connectivity index (χ2n) is 9.18. The van der Waals surface area contributed by atoms with E-state index < -0.39 is 0 Å². The maximum Gasteiger partial charge on any atom is 0.305 e. The molecule has 0 radical (unpaired) electrons. The first kappa shape index (κ1) is 26.0. The van der Waals surface area contributed by atoms with Crippen LogP contribution in [0.25, 0.3) is 41.1 Å². The lowest BCUT2D eigenvalue weighted by atomic mass is 9.98. The zero-order chi connectivity index (χ0) is 26.8. The zero-order valence-corrected chi connectivity index (χ0v) is 23.4. The summed E-state index contributed by atoms with van der Waals surface area (Å²) in [5.41, 5.74) is 7.41. The largest absolute Gasteiger partial charge is 0.469 e. The van der Waals surface area contributed by atoms with Crippen molar-refractivity contribution in [2.45, 2.75) is 39.5 Å². The molecule has 194 valence electrons. The molecule has 0 saturated heterocycles. The van der Waals surface area contributed by atoms with Gasteiger partial charge in [-0.25, -0.2) is 9.97 Å². The minimum atomic E-state index is -0.257. The highest BCUT2D eigenvalue weighted by Gasteiger charge is 2.22. The maximum absolute atomic E-state index is 12.0. The number of carbonyl (C=O) groups is 2. The molecule has 0 N–H and O–H groups in total. The third kappa shape index (κ3) is 5.47. The first-order valence-corrected chi connectivity index (χ1v) is 14.0. The summed E-state index contributed by atoms with van der Waals surface area (Å²) in [7, 11) is 2.81. The Hall–Kier alpha value is -3.62. The molecule has 6 nitrogen and oxygen atoms in total. The fourth-order valence-corrected chi connectivity index (χ4v) is 6.53. The van der Waals surface area contributed by atoms with E-state index in [1.54, 1.807) is 22.7 Å². The van der Waals surface area contributed by atoms with Crippen molar-refractivity contribution in [3.05, 3.63) is 71.3 Å². The number of esters is 2. The Kier molecular flexibility index (Phi) is 7.53. The highest BCUT2D eigenvalue weighted by Crippen LogP contribution is 2.38. The van der Waals surface area contributed by atoms with Crippen molar-refractivity contribution in [1.82, 2.24) is 9.97 Å². The van der Waals surface area contributed by atoms with Gasteiger partial charge >= 0.3 is 11.9 Å². The summed E-state index contributed by atoms with van der Waals surface area (Å²) in [6.45, 7) is 4.09. The third-order valence-corrected chi connectivity index (χ3v) is 8.76. The number of nitrogens with zero attached hydrogens (tertiary/aromatic N) is 2. The van der Waals surface area contributed by atoms with E-state index in [0.717, 1.165) is 54.5 Å². The molecule has 5 heterocycles. The van der Waals surface area contributed by atoms with Crippen LogP contribution < -0.4 is 0 Å². The number of ether oxygens (including phenoxy) is 2. The van der Waals surface area contributed by atoms with Gasteiger partial charge in [-0.15, -0.1) is 22.7 Å². The normalized spacial score (nSPS) is 13.2. The summed E-state index contributed by atoms with van der Waals surface area (Å²) >= 11 is 3.44. The van der Waals surface area contributed by atoms with Gasteiger partial charge in [0.1, 0.15) is 0 Å². The standard InChI is InChI=1S/C30H28N2O4S2/c1-17-23(9-11-29(33)35-3)27-16-28-24(10-12-30(34)36-4)18(2)26(32-28)15-22-8-6-20(38-22)13-19-5-7-21(37-19)14-25(17)31-27/h5-8,13-16H,9-12H2,1-4H3. The first-order valence-electron chi connectivity index (χ1n) is 12.4. The summed E-state index contributed by atoms with van der Waals surface area (Å²) in [4.78, 5) is 34.0. The number of hydrogen-bond acceptors (Lipinski definition) is 8. The molecule has 8 heteroatoms. The minimum absolute atomic E-state index is 0.257. The van der Waals surface area contributed by atoms with Crippen molar-refractivity contribution in [1.29, 1.82) is 0 Å². The Labute approximate surface area is 229 Å². The van der Waals surface area contributed by atoms with Crippen LogP contribution in [0.15, 0.2) is 48.5 Å². The Morgan fingerprint density at radius 3 is 1.42 bits per heavy atom. The van der Waals surface area contributed by atoms with Crippen LogP contribution in [0.2, 0.25) is 0 Å². The van der Waals surface area contributed by atoms with E-state index in [-0.39, 0.29) is 24.8 Å². The molecule has 3 aromatic heterocycles. The average molecular weight is 545 g/mol. The van der Waals surface area contributed by atoms with E-state index in [2.05, 4.69) is 42.5 Å². The molecule has 0 atom stereocenters. The molecular formula is C30H28N2O4S2. The molecule has 0 aliphatic carbocycles. The maximum atomic E-state index is 12.0. The number of carbonyl (C=O) groups excluding carboxylic acids is 2. The molecule has 0 unspecified atom stereocenters. The first-order chi connectivity index (χ1) is 18.3. The number of rotatable bonds is 6. The van der Waals surface area contributed by atoms with E-state index in [9.17, 15) is 9.59 Å². The number of methoxy groups -OCH3 is 2. The predicted octanol–water partition coefficient (Wildman–Crippen LogP) is 7.55. The lowest BCUT2D eigenvalue weighted by molar-refractivity contribution is -0.141. The van der Waals surface area contributed by atoms with Gasteiger partial charge in [0.2, 0.25) is 0 Å². The van der Waals surface area contributed by atoms with E-state index in [1.807, 2.05) is 19.9 Å². The lowest BCUT2D eigenvalue weighted by Gasteiger charge is -2.06. The van der Waals surface area contributed by atoms with Gasteiger partial charge in [0, 0.05) is 31.6 Å². The fraction of sp³-hybridized carbons (Fsp3) is 0.267. The molecule has 38 heavy (non-hydrogen) atoms. The second kappa shape index (κ2) is 11.0. The summed E-state index contributed by atoms with van der Waals surface area (Å²) in [5.74, 6) is -0.515. The van der Waals surface area contributed by atoms with Crippen LogP contribution in [0.3, 0.4) is 0 Å². The monoisotopic (exact) mass is 544 g/mol. The predicted molar refractivity (Wildman–Crippen MR) is 156 cm³/mol. The van der Waals surface area contributed by atoms with E-state index in [4.69, 9.17) is 19.4 Å². The van der Waals surface area contributed by atoms with Gasteiger partial charge in [-0.3, -0.25) is 9.59 Å². The van der Waals surface area contributed by atoms with E-state index in [0.29, 0.717) is 12.8 Å². The molecule has 0 saturated carbocycles. The Bertz CT molecular complexity index is 1540. The number of aromatic nitrogens is 2. The van der Waals surface area contributed by atoms with Crippen molar-refractivity contribution in [2.24, 2.45) is 0 Å². The molecule has 0 fully saturated rings. The summed E-state index contributed by atoms with van der Waals surface area (Å²) in [5, 5.41) is 0. The van der Waals surface area contributed by atoms with E-state index in [1.165, 1.54) is 23.6 Å². The van der Waals surface area contributed by atoms with Crippen LogP contribution >= 0.6 is 22.7 Å². The van der Waals surface area contributed by atoms with Crippen molar-refractivity contribution in [3.8, 4) is 0 Å². The molecule has 0 amide bonds. The number of thiophene rings is 2. The summed E-state index contributed by atoms with van der Waals surface area (Å²) in [6, 6.07) is 16.9. The molecule has 5 rings (SSSR count). The second-order valence-corrected chi connectivity index (χ2v) is 11.5. The Balaban J connectivity index is 1.75. The van der Waals surface area contributed by atoms with Crippen LogP contribution in [0.4, 0.5) is 0 Å². The van der Waals surface area contributed by atoms with Gasteiger partial charge in [-0.2, -0.15) is 0 Å². The van der Waals surface area contributed by atoms with Crippen LogP contribution in [0.5, 0.6) is 0 Å². The van der Waals surface area contributed by atoms with Crippen LogP contribution in [-0.2, 0) is 19.1 Å². The van der Waals surface area contributed by atoms with Crippen LogP contribution in [0.1, 0.15) is 62.3 Å². The lowest BCUT2D eigenvalue weighted by Crippen LogP contribution is -2.01. The van der Waals surface area contributed by atoms with Gasteiger partial charge in [0.15, 0.2) is 0 Å². The van der Waals surface area contributed by atoms with Gasteiger partial charge < -0.3 is 9.47 Å². The zero-order valence-electron chi connectivity index (χ0n) is 21.8. The molecule has 2 aliphatic rings. The molecule has 3 aromatic rings. The minimum Gasteiger partial charge on any atom is -0.469 e. The number of hydrogen-bond donors (Lipinski definition) is 0. The molecular weight excluding hydrogens is 516 g/mol. The molecule has 2 aliphatic heterocycles. The van der Waals surface area contributed by atoms with Crippen molar-refractivity contribution in [2.75, 3.05) is 14.2 Å². The summed E-state index contributed by atoms with van der Waals surface area (Å²) in [6.07, 6.45) is 1.57. The summed E-state index contributed by atoms with van der Waals surface area (Å²) < 4.78 is 14.4. The fourth-order valence-electron chi connectivity index (χ4n) is 4.65. The number of allylic oxidation sites excluding steroid dienone is 4. The Morgan fingerprint density at radius 2 is 1.03 bits per heavy atom. The quantitative estimate of drug-likeness (QED) is 0.298. The highest BCUT2D eigenvalue weighted by atomic mass is 32.1. The SMILES string of the molecule is COC(=O)CCC1=C(C)c2cc3ccc(cc4ccc(cc5nc(cc1n2)C(CCC(=O)OC)=C5C)s4)s3. The van der Waals surface area contributed by atoms with Crippen LogP contribution in [-0.4, -0.2) is 36.1 Å². The molecule has 0 spiro atoms. The van der Waals surface area contributed by atoms with Crippen molar-refractivity contribution >= 4 is 75.7 Å². The highest BCUT2D eigenvalue weighted by molar-refractivity contribution is 7.25. The smallest absolute Gasteiger partial charge is 0.305 e.